The summed E-state index contributed by atoms with van der Waals surface area (Å²) in [5, 5.41) is 0. The van der Waals surface area contributed by atoms with Gasteiger partial charge in [-0.2, -0.15) is 0 Å². The van der Waals surface area contributed by atoms with Crippen molar-refractivity contribution in [2.24, 2.45) is 0 Å². The summed E-state index contributed by atoms with van der Waals surface area (Å²) in [4.78, 5) is 0. The molecule has 0 aliphatic heterocycles. The summed E-state index contributed by atoms with van der Waals surface area (Å²) in [6, 6.07) is 0. The molecule has 0 rings (SSSR count). The summed E-state index contributed by atoms with van der Waals surface area (Å²) in [5.74, 6) is 0. The van der Waals surface area contributed by atoms with Crippen molar-refractivity contribution in [3.8, 4) is 0 Å². The Balaban J connectivity index is 5.73. The van der Waals surface area contributed by atoms with E-state index in [-0.39, 0.29) is 0 Å². The molecule has 0 fully saturated rings. The molecule has 284 valence electrons. The molecule has 0 heterocycles. The summed E-state index contributed by atoms with van der Waals surface area (Å²) in [6.45, 7) is 8.04. The van der Waals surface area contributed by atoms with E-state index >= 15 is 0 Å². The van der Waals surface area contributed by atoms with Crippen LogP contribution >= 0.6 is 0 Å². The van der Waals surface area contributed by atoms with E-state index in [0.717, 1.165) is 21.3 Å². The molecule has 0 spiro atoms. The van der Waals surface area contributed by atoms with Gasteiger partial charge in [0.2, 0.25) is 17.1 Å². The fourth-order valence-electron chi connectivity index (χ4n) is 3.40. The quantitative estimate of drug-likeness (QED) is 0.0726. The van der Waals surface area contributed by atoms with Crippen molar-refractivity contribution >= 4 is 173 Å². The minimum absolute atomic E-state index is 1.12. The van der Waals surface area contributed by atoms with Crippen LogP contribution in [0.15, 0.2) is 0 Å². The Morgan fingerprint density at radius 1 is 0.358 bits per heavy atom. The van der Waals surface area contributed by atoms with E-state index in [9.17, 15) is 80.3 Å². The Kier molecular flexibility index (Phi) is 23.4. The van der Waals surface area contributed by atoms with Gasteiger partial charge in [0.1, 0.15) is 0 Å². The lowest BCUT2D eigenvalue weighted by atomic mass is 11.8. The minimum atomic E-state index is -4.41. The zero-order chi connectivity index (χ0) is 42.1. The van der Waals surface area contributed by atoms with Gasteiger partial charge in [-0.05, 0) is 32.7 Å². The first-order valence-corrected chi connectivity index (χ1v) is 68.0. The Labute approximate surface area is 326 Å². The molecule has 0 aliphatic rings. The molecule has 45 heteroatoms. The van der Waals surface area contributed by atoms with E-state index in [0.29, 0.717) is 0 Å². The summed E-state index contributed by atoms with van der Waals surface area (Å²) in [5.41, 5.74) is 0. The van der Waals surface area contributed by atoms with Gasteiger partial charge in [-0.3, -0.25) is 0 Å². The van der Waals surface area contributed by atoms with Gasteiger partial charge in [0.15, 0.2) is 8.32 Å². The van der Waals surface area contributed by atoms with Crippen molar-refractivity contribution in [3.63, 3.8) is 0 Å². The molecule has 0 atom stereocenters. The molecule has 0 saturated carbocycles. The molecule has 53 heavy (non-hydrogen) atoms. The monoisotopic (exact) mass is 1110 g/mol. The average Bonchev–Trinajstić information content (AvgIpc) is 3.11. The van der Waals surface area contributed by atoms with Crippen molar-refractivity contribution in [3.05, 3.63) is 0 Å². The molecule has 0 bridgehead atoms. The molecule has 0 aromatic rings. The molecule has 0 amide bonds. The normalized spacial score (nSPS) is 11.5. The zero-order valence-corrected chi connectivity index (χ0v) is 51.0. The van der Waals surface area contributed by atoms with Crippen LogP contribution in [-0.4, -0.2) is 195 Å². The maximum atomic E-state index is 12.9. The highest BCUT2D eigenvalue weighted by molar-refractivity contribution is 7.82. The second-order valence-corrected chi connectivity index (χ2v) is 117. The molecular weight excluding hydrogens is 1080 g/mol. The standard InChI is InChI=1S/C8H26O23Si22/c1-27-53(28-2,29-3)30-32-33(9)34(10)35(11)36(12)37(13)38(14)39(15)40(16)41(17)42(18)43(19)44(20)45(21)46(22)47(23)48(24)49(25)50(26)52(7,8)31-51(4,5)6/h32H2,1-8H3. The lowest BCUT2D eigenvalue weighted by Gasteiger charge is -2.28. The van der Waals surface area contributed by atoms with Crippen molar-refractivity contribution < 1.29 is 102 Å². The van der Waals surface area contributed by atoms with E-state index in [2.05, 4.69) is 0 Å². The molecule has 0 aliphatic carbocycles. The highest BCUT2D eigenvalue weighted by Crippen LogP contribution is 2.14. The second kappa shape index (κ2) is 22.9. The molecule has 23 nitrogen and oxygen atoms in total. The summed E-state index contributed by atoms with van der Waals surface area (Å²) in [7, 11) is -82.3. The summed E-state index contributed by atoms with van der Waals surface area (Å²) >= 11 is 0. The smallest absolute Gasteiger partial charge is 0.453 e. The van der Waals surface area contributed by atoms with E-state index < -0.39 is 173 Å². The van der Waals surface area contributed by atoms with E-state index in [1.54, 1.807) is 19.6 Å². The Morgan fingerprint density at radius 2 is 0.585 bits per heavy atom. The van der Waals surface area contributed by atoms with Crippen LogP contribution in [0.25, 0.3) is 0 Å². The highest BCUT2D eigenvalue weighted by Gasteiger charge is 2.57. The van der Waals surface area contributed by atoms with Crippen LogP contribution in [0.3, 0.4) is 0 Å². The summed E-state index contributed by atoms with van der Waals surface area (Å²) < 4.78 is 253. The maximum Gasteiger partial charge on any atom is 0.667 e. The predicted octanol–water partition coefficient (Wildman–Crippen LogP) is -7.98. The second-order valence-electron chi connectivity index (χ2n) is 11.1. The van der Waals surface area contributed by atoms with Gasteiger partial charge in [-0.15, -0.1) is 0 Å². The first-order valence-electron chi connectivity index (χ1n) is 13.8. The Bertz CT molecular complexity index is 1840. The fraction of sp³-hybridized carbons (Fsp3) is 1.00. The van der Waals surface area contributed by atoms with Crippen LogP contribution in [0.1, 0.15) is 0 Å². The first-order chi connectivity index (χ1) is 24.0. The summed E-state index contributed by atoms with van der Waals surface area (Å²) in [6.07, 6.45) is 0. The SMILES string of the molecule is CO[Si](OC)(OC)O[SiH2][Si](=O)[Si](=O)[Si](=O)[Si](=O)[Si](=O)[Si](=O)[Si](=O)[Si](=O)[Si](=O)[Si](=O)[Si](=O)[Si](=O)[Si](=O)[Si](=O)[Si](=O)[Si](=O)[Si](=O)[Si](=O)[Si](C)(C)O[Si](C)(C)C. The lowest BCUT2D eigenvalue weighted by Crippen LogP contribution is -2.59. The van der Waals surface area contributed by atoms with Gasteiger partial charge in [0.05, 0.1) is 0 Å². The van der Waals surface area contributed by atoms with Gasteiger partial charge in [0, 0.05) is 21.3 Å². The van der Waals surface area contributed by atoms with Crippen molar-refractivity contribution in [2.45, 2.75) is 32.7 Å². The Morgan fingerprint density at radius 3 is 0.811 bits per heavy atom. The number of rotatable bonds is 26. The molecule has 0 N–H and O–H groups in total. The van der Waals surface area contributed by atoms with Crippen LogP contribution in [0.4, 0.5) is 0 Å². The molecule has 0 aromatic carbocycles. The van der Waals surface area contributed by atoms with E-state index in [4.69, 9.17) is 21.5 Å². The van der Waals surface area contributed by atoms with Crippen LogP contribution in [0.5, 0.6) is 0 Å². The minimum Gasteiger partial charge on any atom is -0.453 e. The molecular formula is C8H26O23Si22. The maximum absolute atomic E-state index is 12.9. The molecule has 0 aromatic heterocycles. The first kappa shape index (κ1) is 54.0. The third-order valence-electron chi connectivity index (χ3n) is 5.79. The zero-order valence-electron chi connectivity index (χ0n) is 28.6. The third-order valence-corrected chi connectivity index (χ3v) is 167. The molecule has 0 saturated heterocycles. The Hall–Kier alpha value is 0.971. The third kappa shape index (κ3) is 14.9. The largest absolute Gasteiger partial charge is 0.667 e. The van der Waals surface area contributed by atoms with Gasteiger partial charge in [-0.1, -0.05) is 0 Å². The average molecular weight is 1110 g/mol. The van der Waals surface area contributed by atoms with Gasteiger partial charge in [-0.25, -0.2) is 0 Å². The van der Waals surface area contributed by atoms with Crippen molar-refractivity contribution in [2.75, 3.05) is 21.3 Å². The van der Waals surface area contributed by atoms with Gasteiger partial charge >= 0.3 is 148 Å². The van der Waals surface area contributed by atoms with Crippen LogP contribution in [0, 0.1) is 0 Å². The van der Waals surface area contributed by atoms with Gasteiger partial charge in [0.25, 0.3) is 0 Å². The van der Waals surface area contributed by atoms with Crippen LogP contribution in [0.2, 0.25) is 32.7 Å². The van der Waals surface area contributed by atoms with Crippen LogP contribution < -0.4 is 0 Å². The van der Waals surface area contributed by atoms with E-state index in [1.807, 2.05) is 0 Å². The van der Waals surface area contributed by atoms with Crippen molar-refractivity contribution in [1.29, 1.82) is 0 Å². The van der Waals surface area contributed by atoms with E-state index in [1.165, 1.54) is 13.1 Å². The number of hydrogen-bond acceptors (Lipinski definition) is 23. The highest BCUT2D eigenvalue weighted by atomic mass is 30.1. The fourth-order valence-corrected chi connectivity index (χ4v) is 241. The predicted molar refractivity (Wildman–Crippen MR) is 194 cm³/mol. The lowest BCUT2D eigenvalue weighted by molar-refractivity contribution is 0.0534. The topological polar surface area (TPSA) is 353 Å². The molecule has 0 unspecified atom stereocenters. The number of hydrogen-bond donors (Lipinski definition) is 0. The van der Waals surface area contributed by atoms with Crippen molar-refractivity contribution in [1.82, 2.24) is 0 Å². The van der Waals surface area contributed by atoms with Gasteiger partial charge < -0.3 is 102 Å². The molecule has 0 radical (unpaired) electrons. The van der Waals surface area contributed by atoms with Crippen LogP contribution in [-0.2, 0) is 102 Å².